The fourth-order valence-corrected chi connectivity index (χ4v) is 4.31. The van der Waals surface area contributed by atoms with Gasteiger partial charge < -0.3 is 20.3 Å². The molecular weight excluding hydrogens is 410 g/mol. The third kappa shape index (κ3) is 4.94. The van der Waals surface area contributed by atoms with Gasteiger partial charge in [0.1, 0.15) is 5.00 Å². The van der Waals surface area contributed by atoms with Crippen LogP contribution in [0.4, 0.5) is 10.7 Å². The number of ether oxygens (including phenoxy) is 1. The van der Waals surface area contributed by atoms with Crippen LogP contribution < -0.4 is 10.6 Å². The number of aromatic nitrogens is 2. The van der Waals surface area contributed by atoms with Gasteiger partial charge in [0.15, 0.2) is 5.11 Å². The van der Waals surface area contributed by atoms with Crippen molar-refractivity contribution in [3.8, 4) is 0 Å². The Bertz CT molecular complexity index is 915. The Kier molecular flexibility index (Phi) is 7.74. The number of nitrogens with one attached hydrogen (secondary N) is 2. The smallest absolute Gasteiger partial charge is 0.341 e. The van der Waals surface area contributed by atoms with Crippen molar-refractivity contribution < 1.29 is 14.3 Å². The second kappa shape index (κ2) is 9.84. The van der Waals surface area contributed by atoms with E-state index in [1.54, 1.807) is 16.5 Å². The predicted molar refractivity (Wildman–Crippen MR) is 120 cm³/mol. The topological polar surface area (TPSA) is 88.5 Å². The Morgan fingerprint density at radius 3 is 2.41 bits per heavy atom. The zero-order chi connectivity index (χ0) is 21.7. The van der Waals surface area contributed by atoms with E-state index in [0.29, 0.717) is 39.2 Å². The lowest BCUT2D eigenvalue weighted by molar-refractivity contribution is 0.0601. The number of anilines is 2. The van der Waals surface area contributed by atoms with Crippen LogP contribution in [0.3, 0.4) is 0 Å². The Hall–Kier alpha value is -2.46. The summed E-state index contributed by atoms with van der Waals surface area (Å²) in [6.45, 7) is 11.4. The molecular formula is C19H27N5O3S2. The van der Waals surface area contributed by atoms with Crippen LogP contribution in [0.25, 0.3) is 0 Å². The van der Waals surface area contributed by atoms with Crippen LogP contribution in [0.1, 0.15) is 52.1 Å². The Balaban J connectivity index is 2.34. The van der Waals surface area contributed by atoms with Crippen molar-refractivity contribution in [2.45, 2.75) is 41.2 Å². The number of esters is 1. The van der Waals surface area contributed by atoms with E-state index in [9.17, 15) is 9.59 Å². The van der Waals surface area contributed by atoms with Crippen molar-refractivity contribution in [2.24, 2.45) is 0 Å². The first kappa shape index (κ1) is 22.8. The lowest BCUT2D eigenvalue weighted by Gasteiger charge is -2.17. The van der Waals surface area contributed by atoms with E-state index in [4.69, 9.17) is 17.0 Å². The van der Waals surface area contributed by atoms with E-state index >= 15 is 0 Å². The van der Waals surface area contributed by atoms with Gasteiger partial charge in [-0.3, -0.25) is 9.48 Å². The Morgan fingerprint density at radius 1 is 1.24 bits per heavy atom. The lowest BCUT2D eigenvalue weighted by atomic mass is 10.1. The molecule has 0 aliphatic heterocycles. The van der Waals surface area contributed by atoms with Crippen LogP contribution in [-0.2, 0) is 11.3 Å². The van der Waals surface area contributed by atoms with Crippen molar-refractivity contribution in [1.29, 1.82) is 0 Å². The quantitative estimate of drug-likeness (QED) is 0.505. The van der Waals surface area contributed by atoms with E-state index in [1.807, 2.05) is 33.9 Å². The van der Waals surface area contributed by atoms with Gasteiger partial charge in [-0.15, -0.1) is 11.3 Å². The van der Waals surface area contributed by atoms with Crippen LogP contribution in [0, 0.1) is 13.8 Å². The molecule has 0 unspecified atom stereocenters. The molecule has 0 fully saturated rings. The summed E-state index contributed by atoms with van der Waals surface area (Å²) in [5.41, 5.74) is 2.48. The maximum atomic E-state index is 12.9. The monoisotopic (exact) mass is 437 g/mol. The van der Waals surface area contributed by atoms with Gasteiger partial charge in [-0.1, -0.05) is 0 Å². The summed E-state index contributed by atoms with van der Waals surface area (Å²) in [4.78, 5) is 27.4. The van der Waals surface area contributed by atoms with Gasteiger partial charge in [-0.25, -0.2) is 4.79 Å². The minimum absolute atomic E-state index is 0.116. The van der Waals surface area contributed by atoms with Gasteiger partial charge in [0.25, 0.3) is 5.91 Å². The summed E-state index contributed by atoms with van der Waals surface area (Å²) >= 11 is 6.62. The first-order valence-corrected chi connectivity index (χ1v) is 10.6. The molecule has 158 valence electrons. The van der Waals surface area contributed by atoms with Crippen molar-refractivity contribution in [1.82, 2.24) is 14.7 Å². The average molecular weight is 438 g/mol. The molecule has 8 nitrogen and oxygen atoms in total. The molecule has 2 aromatic heterocycles. The zero-order valence-corrected chi connectivity index (χ0v) is 19.2. The lowest BCUT2D eigenvalue weighted by Crippen LogP contribution is -2.30. The maximum absolute atomic E-state index is 12.9. The van der Waals surface area contributed by atoms with Crippen molar-refractivity contribution in [3.05, 3.63) is 27.9 Å². The fourth-order valence-electron chi connectivity index (χ4n) is 2.87. The van der Waals surface area contributed by atoms with E-state index < -0.39 is 5.97 Å². The van der Waals surface area contributed by atoms with Crippen LogP contribution in [0.5, 0.6) is 0 Å². The Labute approximate surface area is 180 Å². The summed E-state index contributed by atoms with van der Waals surface area (Å²) in [7, 11) is 1.31. The highest BCUT2D eigenvalue weighted by Gasteiger charge is 2.27. The molecule has 0 aliphatic carbocycles. The largest absolute Gasteiger partial charge is 0.465 e. The molecule has 29 heavy (non-hydrogen) atoms. The molecule has 10 heteroatoms. The summed E-state index contributed by atoms with van der Waals surface area (Å²) in [6.07, 6.45) is 1.86. The highest BCUT2D eigenvalue weighted by atomic mass is 32.1. The van der Waals surface area contributed by atoms with Crippen LogP contribution in [0.15, 0.2) is 6.20 Å². The van der Waals surface area contributed by atoms with E-state index in [1.165, 1.54) is 18.4 Å². The van der Waals surface area contributed by atoms with Gasteiger partial charge in [0.05, 0.1) is 28.9 Å². The van der Waals surface area contributed by atoms with E-state index in [2.05, 4.69) is 15.7 Å². The second-order valence-electron chi connectivity index (χ2n) is 6.29. The molecule has 0 saturated heterocycles. The number of carbonyl (C=O) groups excluding carboxylic acids is 2. The van der Waals surface area contributed by atoms with Crippen molar-refractivity contribution in [3.63, 3.8) is 0 Å². The van der Waals surface area contributed by atoms with E-state index in [0.717, 1.165) is 17.9 Å². The number of rotatable bonds is 7. The van der Waals surface area contributed by atoms with Crippen LogP contribution >= 0.6 is 23.6 Å². The molecule has 0 atom stereocenters. The number of thiocarbonyl (C=S) groups is 1. The SMILES string of the molecule is CCN(CC)C(=O)c1sc(NC(=S)Nc2cn(CC)nc2C)c(C(=O)OC)c1C. The third-order valence-electron chi connectivity index (χ3n) is 4.53. The zero-order valence-electron chi connectivity index (χ0n) is 17.6. The summed E-state index contributed by atoms with van der Waals surface area (Å²) in [6, 6.07) is 0. The summed E-state index contributed by atoms with van der Waals surface area (Å²) < 4.78 is 6.73. The minimum atomic E-state index is -0.516. The number of hydrogen-bond acceptors (Lipinski definition) is 6. The number of carbonyl (C=O) groups is 2. The second-order valence-corrected chi connectivity index (χ2v) is 7.72. The molecule has 0 saturated carbocycles. The number of nitrogens with zero attached hydrogens (tertiary/aromatic N) is 3. The number of thiophene rings is 1. The molecule has 2 rings (SSSR count). The first-order chi connectivity index (χ1) is 13.8. The molecule has 0 radical (unpaired) electrons. The Morgan fingerprint density at radius 2 is 1.90 bits per heavy atom. The third-order valence-corrected chi connectivity index (χ3v) is 5.93. The number of methoxy groups -OCH3 is 1. The molecule has 2 N–H and O–H groups in total. The van der Waals surface area contributed by atoms with E-state index in [-0.39, 0.29) is 5.91 Å². The standard InChI is InChI=1S/C19H27N5O3S2/c1-7-23(8-2)17(25)15-11(4)14(18(26)27-6)16(29-15)21-19(28)20-13-10-24(9-3)22-12(13)5/h10H,7-9H2,1-6H3,(H2,20,21,28). The number of hydrogen-bond donors (Lipinski definition) is 2. The molecule has 0 bridgehead atoms. The number of aryl methyl sites for hydroxylation is 2. The fraction of sp³-hybridized carbons (Fsp3) is 0.474. The molecule has 1 amide bonds. The maximum Gasteiger partial charge on any atom is 0.341 e. The van der Waals surface area contributed by atoms with Crippen molar-refractivity contribution >= 4 is 51.2 Å². The average Bonchev–Trinajstić information content (AvgIpc) is 3.21. The molecule has 2 aromatic rings. The number of amides is 1. The highest BCUT2D eigenvalue weighted by molar-refractivity contribution is 7.80. The van der Waals surface area contributed by atoms with Crippen LogP contribution in [-0.4, -0.2) is 51.9 Å². The molecule has 0 aliphatic rings. The van der Waals surface area contributed by atoms with Gasteiger partial charge in [0.2, 0.25) is 0 Å². The van der Waals surface area contributed by atoms with Crippen LogP contribution in [0.2, 0.25) is 0 Å². The first-order valence-electron chi connectivity index (χ1n) is 9.40. The van der Waals surface area contributed by atoms with Gasteiger partial charge >= 0.3 is 5.97 Å². The van der Waals surface area contributed by atoms with Crippen molar-refractivity contribution in [2.75, 3.05) is 30.8 Å². The predicted octanol–water partition coefficient (Wildman–Crippen LogP) is 3.66. The van der Waals surface area contributed by atoms with Gasteiger partial charge in [-0.2, -0.15) is 5.10 Å². The van der Waals surface area contributed by atoms with Gasteiger partial charge in [-0.05, 0) is 52.4 Å². The molecule has 0 aromatic carbocycles. The molecule has 0 spiro atoms. The summed E-state index contributed by atoms with van der Waals surface area (Å²) in [5.74, 6) is -0.632. The molecule has 2 heterocycles. The minimum Gasteiger partial charge on any atom is -0.465 e. The normalized spacial score (nSPS) is 10.6. The highest BCUT2D eigenvalue weighted by Crippen LogP contribution is 2.34. The van der Waals surface area contributed by atoms with Gasteiger partial charge in [0, 0.05) is 25.8 Å². The summed E-state index contributed by atoms with van der Waals surface area (Å²) in [5, 5.41) is 11.3.